The summed E-state index contributed by atoms with van der Waals surface area (Å²) < 4.78 is 42.0. The number of rotatable bonds is 6. The van der Waals surface area contributed by atoms with Gasteiger partial charge in [0.1, 0.15) is 5.70 Å². The van der Waals surface area contributed by atoms with Crippen molar-refractivity contribution in [3.05, 3.63) is 95.7 Å². The van der Waals surface area contributed by atoms with Crippen LogP contribution in [0, 0.1) is 6.92 Å². The van der Waals surface area contributed by atoms with Gasteiger partial charge in [-0.3, -0.25) is 14.5 Å². The van der Waals surface area contributed by atoms with Crippen molar-refractivity contribution in [2.75, 3.05) is 16.0 Å². The predicted molar refractivity (Wildman–Crippen MR) is 135 cm³/mol. The van der Waals surface area contributed by atoms with E-state index in [0.717, 1.165) is 29.0 Å². The number of para-hydroxylation sites is 3. The molecule has 1 aliphatic heterocycles. The molecular formula is C26H20F3N3O3S. The van der Waals surface area contributed by atoms with Crippen LogP contribution >= 0.6 is 11.8 Å². The van der Waals surface area contributed by atoms with Crippen molar-refractivity contribution in [2.24, 2.45) is 4.99 Å². The number of hydrogen-bond acceptors (Lipinski definition) is 5. The third-order valence-corrected chi connectivity index (χ3v) is 5.85. The van der Waals surface area contributed by atoms with Gasteiger partial charge in [-0.25, -0.2) is 4.99 Å². The van der Waals surface area contributed by atoms with Gasteiger partial charge in [-0.05, 0) is 42.8 Å². The summed E-state index contributed by atoms with van der Waals surface area (Å²) in [7, 11) is 0. The normalized spacial score (nSPS) is 14.7. The summed E-state index contributed by atoms with van der Waals surface area (Å²) >= 11 is 0.994. The Balaban J connectivity index is 1.54. The molecule has 3 aromatic rings. The van der Waals surface area contributed by atoms with Crippen molar-refractivity contribution in [3.8, 4) is 5.75 Å². The van der Waals surface area contributed by atoms with Gasteiger partial charge in [0.15, 0.2) is 10.9 Å². The largest absolute Gasteiger partial charge is 0.573 e. The molecule has 0 spiro atoms. The number of carbonyl (C=O) groups excluding carboxylic acids is 2. The van der Waals surface area contributed by atoms with Gasteiger partial charge in [0.2, 0.25) is 5.91 Å². The number of anilines is 2. The molecule has 0 aliphatic carbocycles. The monoisotopic (exact) mass is 511 g/mol. The summed E-state index contributed by atoms with van der Waals surface area (Å²) in [6.45, 7) is 1.94. The number of benzene rings is 3. The lowest BCUT2D eigenvalue weighted by molar-refractivity contribution is -0.274. The van der Waals surface area contributed by atoms with Crippen LogP contribution in [0.2, 0.25) is 0 Å². The molecule has 1 heterocycles. The van der Waals surface area contributed by atoms with E-state index in [2.05, 4.69) is 15.0 Å². The van der Waals surface area contributed by atoms with Gasteiger partial charge < -0.3 is 10.1 Å². The van der Waals surface area contributed by atoms with Gasteiger partial charge >= 0.3 is 6.36 Å². The second-order valence-electron chi connectivity index (χ2n) is 7.70. The Hall–Kier alpha value is -4.05. The molecule has 36 heavy (non-hydrogen) atoms. The van der Waals surface area contributed by atoms with E-state index in [1.54, 1.807) is 30.3 Å². The highest BCUT2D eigenvalue weighted by atomic mass is 32.2. The average Bonchev–Trinajstić information content (AvgIpc) is 3.13. The van der Waals surface area contributed by atoms with E-state index in [1.807, 2.05) is 37.3 Å². The lowest BCUT2D eigenvalue weighted by Gasteiger charge is -2.18. The summed E-state index contributed by atoms with van der Waals surface area (Å²) in [4.78, 5) is 31.7. The number of ether oxygens (including phenoxy) is 1. The van der Waals surface area contributed by atoms with Crippen molar-refractivity contribution in [1.82, 2.24) is 0 Å². The van der Waals surface area contributed by atoms with E-state index in [4.69, 9.17) is 0 Å². The maximum atomic E-state index is 13.2. The van der Waals surface area contributed by atoms with Crippen LogP contribution < -0.4 is 15.0 Å². The Morgan fingerprint density at radius 2 is 1.78 bits per heavy atom. The van der Waals surface area contributed by atoms with E-state index < -0.39 is 18.0 Å². The zero-order valence-corrected chi connectivity index (χ0v) is 19.8. The van der Waals surface area contributed by atoms with E-state index in [-0.39, 0.29) is 28.2 Å². The zero-order valence-electron chi connectivity index (χ0n) is 19.0. The summed E-state index contributed by atoms with van der Waals surface area (Å²) in [5.74, 6) is -1.66. The number of aryl methyl sites for hydroxylation is 1. The Morgan fingerprint density at radius 3 is 2.50 bits per heavy atom. The van der Waals surface area contributed by atoms with Crippen LogP contribution in [-0.2, 0) is 9.59 Å². The molecule has 184 valence electrons. The van der Waals surface area contributed by atoms with Crippen molar-refractivity contribution in [3.63, 3.8) is 0 Å². The maximum Gasteiger partial charge on any atom is 0.573 e. The number of nitrogens with zero attached hydrogens (tertiary/aromatic N) is 2. The number of hydrogen-bond donors (Lipinski definition) is 1. The predicted octanol–water partition coefficient (Wildman–Crippen LogP) is 6.01. The fraction of sp³-hybridized carbons (Fsp3) is 0.115. The Morgan fingerprint density at radius 1 is 1.06 bits per heavy atom. The second-order valence-corrected chi connectivity index (χ2v) is 8.64. The molecule has 0 saturated heterocycles. The van der Waals surface area contributed by atoms with Gasteiger partial charge in [0.25, 0.3) is 5.91 Å². The summed E-state index contributed by atoms with van der Waals surface area (Å²) in [6, 6.07) is 21.7. The molecule has 3 aromatic carbocycles. The topological polar surface area (TPSA) is 71.0 Å². The fourth-order valence-corrected chi connectivity index (χ4v) is 4.23. The van der Waals surface area contributed by atoms with Gasteiger partial charge in [-0.2, -0.15) is 0 Å². The molecule has 0 atom stereocenters. The molecule has 4 rings (SSSR count). The molecular weight excluding hydrogens is 491 g/mol. The first-order chi connectivity index (χ1) is 17.2. The number of aliphatic imine (C=N–C) groups is 1. The molecule has 0 aromatic heterocycles. The molecule has 0 unspecified atom stereocenters. The zero-order chi connectivity index (χ0) is 25.7. The highest BCUT2D eigenvalue weighted by molar-refractivity contribution is 8.14. The van der Waals surface area contributed by atoms with Crippen molar-refractivity contribution in [2.45, 2.75) is 13.3 Å². The summed E-state index contributed by atoms with van der Waals surface area (Å²) in [5, 5.41) is 2.70. The standard InChI is InChI=1S/C26H20F3N3O3S/c1-17-8-7-9-18(14-17)15-21-24(34)32(19-10-3-2-4-11-19)25(31-21)36-16-23(33)30-20-12-5-6-13-22(20)35-26(27,28)29/h2-15H,16H2,1H3,(H,30,33)/b21-15+. The van der Waals surface area contributed by atoms with Crippen LogP contribution in [0.4, 0.5) is 24.5 Å². The minimum atomic E-state index is -4.90. The van der Waals surface area contributed by atoms with E-state index in [9.17, 15) is 22.8 Å². The minimum Gasteiger partial charge on any atom is -0.404 e. The minimum absolute atomic E-state index is 0.121. The van der Waals surface area contributed by atoms with Crippen LogP contribution in [0.15, 0.2) is 89.6 Å². The SMILES string of the molecule is Cc1cccc(/C=C2/N=C(SCC(=O)Nc3ccccc3OC(F)(F)F)N(c3ccccc3)C2=O)c1. The number of carbonyl (C=O) groups is 2. The number of halogens is 3. The quantitative estimate of drug-likeness (QED) is 0.412. The molecule has 0 fully saturated rings. The Bertz CT molecular complexity index is 1340. The van der Waals surface area contributed by atoms with E-state index >= 15 is 0 Å². The van der Waals surface area contributed by atoms with Crippen molar-refractivity contribution in [1.29, 1.82) is 0 Å². The number of amides is 2. The number of nitrogens with one attached hydrogen (secondary N) is 1. The van der Waals surface area contributed by atoms with Crippen LogP contribution in [0.25, 0.3) is 6.08 Å². The summed E-state index contributed by atoms with van der Waals surface area (Å²) in [5.41, 5.74) is 2.49. The van der Waals surface area contributed by atoms with Crippen LogP contribution in [0.5, 0.6) is 5.75 Å². The van der Waals surface area contributed by atoms with Gasteiger partial charge in [0.05, 0.1) is 17.1 Å². The molecule has 1 N–H and O–H groups in total. The molecule has 0 saturated carbocycles. The van der Waals surface area contributed by atoms with Gasteiger partial charge in [-0.1, -0.05) is 71.9 Å². The van der Waals surface area contributed by atoms with Crippen LogP contribution in [-0.4, -0.2) is 29.1 Å². The summed E-state index contributed by atoms with van der Waals surface area (Å²) in [6.07, 6.45) is -3.23. The Kier molecular flexibility index (Phi) is 7.44. The van der Waals surface area contributed by atoms with Gasteiger partial charge in [0, 0.05) is 0 Å². The van der Waals surface area contributed by atoms with Crippen molar-refractivity contribution >= 4 is 46.2 Å². The molecule has 0 radical (unpaired) electrons. The smallest absolute Gasteiger partial charge is 0.404 e. The van der Waals surface area contributed by atoms with Crippen LogP contribution in [0.1, 0.15) is 11.1 Å². The Labute approximate surface area is 209 Å². The highest BCUT2D eigenvalue weighted by Gasteiger charge is 2.33. The van der Waals surface area contributed by atoms with E-state index in [0.29, 0.717) is 5.69 Å². The molecule has 10 heteroatoms. The van der Waals surface area contributed by atoms with Gasteiger partial charge in [-0.15, -0.1) is 13.2 Å². The lowest BCUT2D eigenvalue weighted by atomic mass is 10.1. The van der Waals surface area contributed by atoms with Crippen molar-refractivity contribution < 1.29 is 27.5 Å². The number of thioether (sulfide) groups is 1. The second kappa shape index (κ2) is 10.7. The lowest BCUT2D eigenvalue weighted by Crippen LogP contribution is -2.31. The molecule has 0 bridgehead atoms. The maximum absolute atomic E-state index is 13.2. The molecule has 1 aliphatic rings. The first-order valence-corrected chi connectivity index (χ1v) is 11.7. The third-order valence-electron chi connectivity index (χ3n) is 4.91. The number of alkyl halides is 3. The van der Waals surface area contributed by atoms with E-state index in [1.165, 1.54) is 23.1 Å². The third kappa shape index (κ3) is 6.33. The first kappa shape index (κ1) is 25.1. The number of amidine groups is 1. The molecule has 2 amide bonds. The highest BCUT2D eigenvalue weighted by Crippen LogP contribution is 2.31. The average molecular weight is 512 g/mol. The molecule has 6 nitrogen and oxygen atoms in total. The first-order valence-electron chi connectivity index (χ1n) is 10.7. The fourth-order valence-electron chi connectivity index (χ4n) is 3.42. The van der Waals surface area contributed by atoms with Crippen LogP contribution in [0.3, 0.4) is 0 Å².